The molecule has 0 bridgehead atoms. The molecule has 4 rings (SSSR count). The maximum absolute atomic E-state index is 14.1. The van der Waals surface area contributed by atoms with Crippen molar-refractivity contribution in [3.63, 3.8) is 0 Å². The van der Waals surface area contributed by atoms with Gasteiger partial charge in [0.1, 0.15) is 17.0 Å². The van der Waals surface area contributed by atoms with Gasteiger partial charge in [0.25, 0.3) is 0 Å². The maximum atomic E-state index is 14.1. The molecule has 0 heterocycles. The van der Waals surface area contributed by atoms with Gasteiger partial charge in [-0.15, -0.1) is 0 Å². The number of hydrogen-bond acceptors (Lipinski definition) is 8. The van der Waals surface area contributed by atoms with E-state index in [2.05, 4.69) is 0 Å². The number of ketones is 3. The van der Waals surface area contributed by atoms with Crippen LogP contribution in [0.15, 0.2) is 35.6 Å². The van der Waals surface area contributed by atoms with Crippen LogP contribution in [0.4, 0.5) is 0 Å². The average Bonchev–Trinajstić information content (AvgIpc) is 3.06. The molecule has 0 aromatic heterocycles. The summed E-state index contributed by atoms with van der Waals surface area (Å²) in [5, 5.41) is 33.5. The van der Waals surface area contributed by atoms with E-state index in [1.807, 2.05) is 19.9 Å². The summed E-state index contributed by atoms with van der Waals surface area (Å²) in [5.74, 6) is -3.66. The van der Waals surface area contributed by atoms with Gasteiger partial charge in [0.2, 0.25) is 5.78 Å². The highest BCUT2D eigenvalue weighted by Gasteiger charge is 2.69. The van der Waals surface area contributed by atoms with Gasteiger partial charge in [-0.1, -0.05) is 25.5 Å². The number of esters is 1. The second kappa shape index (κ2) is 8.96. The lowest BCUT2D eigenvalue weighted by Gasteiger charge is -2.59. The molecule has 8 nitrogen and oxygen atoms in total. The van der Waals surface area contributed by atoms with E-state index in [4.69, 9.17) is 4.74 Å². The van der Waals surface area contributed by atoms with Crippen LogP contribution in [0.25, 0.3) is 0 Å². The van der Waals surface area contributed by atoms with E-state index < -0.39 is 57.1 Å². The number of rotatable bonds is 5. The summed E-state index contributed by atoms with van der Waals surface area (Å²) in [7, 11) is 0. The Balaban J connectivity index is 1.71. The number of aliphatic hydroxyl groups excluding tert-OH is 2. The fourth-order valence-corrected chi connectivity index (χ4v) is 8.49. The van der Waals surface area contributed by atoms with Crippen molar-refractivity contribution < 1.29 is 39.2 Å². The molecule has 0 spiro atoms. The summed E-state index contributed by atoms with van der Waals surface area (Å²) in [5.41, 5.74) is -4.92. The second-order valence-corrected chi connectivity index (χ2v) is 13.8. The third-order valence-corrected chi connectivity index (χ3v) is 10.4. The molecule has 0 amide bonds. The molecule has 0 radical (unpaired) electrons. The van der Waals surface area contributed by atoms with E-state index in [9.17, 15) is 34.5 Å². The Morgan fingerprint density at radius 3 is 2.31 bits per heavy atom. The number of carbonyl (C=O) groups excluding carboxylic acids is 4. The first-order valence-corrected chi connectivity index (χ1v) is 13.7. The zero-order valence-electron chi connectivity index (χ0n) is 24.2. The van der Waals surface area contributed by atoms with Crippen molar-refractivity contribution in [3.05, 3.63) is 35.6 Å². The highest BCUT2D eigenvalue weighted by atomic mass is 16.6. The van der Waals surface area contributed by atoms with Crippen molar-refractivity contribution >= 4 is 23.3 Å². The Morgan fingerprint density at radius 1 is 1.10 bits per heavy atom. The SMILES string of the molecule is CC(=O)OC(C)(C)/C=C/C(=O)[C@](C)(O)[C@@H]1[C@H](O)C[C@H]2[C@@H]3CC=C4[C@@H](C=C(O)C(=O)C4(C)C)[C@]3(C)C(=O)C[C@]12C. The number of aliphatic hydroxyl groups is 3. The number of fused-ring (bicyclic) bond motifs is 5. The minimum absolute atomic E-state index is 0.0469. The summed E-state index contributed by atoms with van der Waals surface area (Å²) >= 11 is 0. The standard InChI is InChI=1S/C31H42O8/c1-16(32)39-27(2,3)12-11-23(35)31(8,38)25-21(33)13-19-18-10-9-17-20(14-22(34)26(37)28(17,4)5)30(18,7)24(36)15-29(19,25)6/h9,11-12,14,18-21,25,33-34,38H,10,13,15H2,1-8H3/b12-11+/t18-,19-,20+,21+,25+,29-,30+,31-/m0/s1. The molecule has 3 N–H and O–H groups in total. The zero-order valence-corrected chi connectivity index (χ0v) is 24.2. The molecule has 214 valence electrons. The van der Waals surface area contributed by atoms with Gasteiger partial charge in [0.05, 0.1) is 11.5 Å². The smallest absolute Gasteiger partial charge is 0.303 e. The number of allylic oxidation sites excluding steroid dienone is 4. The van der Waals surface area contributed by atoms with E-state index in [-0.39, 0.29) is 35.6 Å². The predicted octanol–water partition coefficient (Wildman–Crippen LogP) is 3.80. The molecule has 0 unspecified atom stereocenters. The van der Waals surface area contributed by atoms with Crippen molar-refractivity contribution in [2.75, 3.05) is 0 Å². The highest BCUT2D eigenvalue weighted by Crippen LogP contribution is 2.68. The van der Waals surface area contributed by atoms with Crippen LogP contribution < -0.4 is 0 Å². The first-order chi connectivity index (χ1) is 17.7. The van der Waals surface area contributed by atoms with Crippen LogP contribution in [0.2, 0.25) is 0 Å². The molecule has 4 aliphatic carbocycles. The van der Waals surface area contributed by atoms with Crippen LogP contribution >= 0.6 is 0 Å². The first kappa shape index (κ1) is 29.4. The Labute approximate surface area is 230 Å². The number of hydrogen-bond donors (Lipinski definition) is 3. The highest BCUT2D eigenvalue weighted by molar-refractivity contribution is 6.02. The first-order valence-electron chi connectivity index (χ1n) is 13.7. The quantitative estimate of drug-likeness (QED) is 0.271. The molecule has 0 aromatic carbocycles. The lowest BCUT2D eigenvalue weighted by Crippen LogP contribution is -2.61. The van der Waals surface area contributed by atoms with Crippen LogP contribution in [-0.2, 0) is 23.9 Å². The molecule has 2 fully saturated rings. The van der Waals surface area contributed by atoms with E-state index in [1.54, 1.807) is 27.7 Å². The maximum Gasteiger partial charge on any atom is 0.303 e. The van der Waals surface area contributed by atoms with Crippen LogP contribution in [0.5, 0.6) is 0 Å². The van der Waals surface area contributed by atoms with Crippen molar-refractivity contribution in [2.24, 2.45) is 39.9 Å². The zero-order chi connectivity index (χ0) is 29.5. The lowest BCUT2D eigenvalue weighted by atomic mass is 9.43. The lowest BCUT2D eigenvalue weighted by molar-refractivity contribution is -0.165. The van der Waals surface area contributed by atoms with Crippen LogP contribution in [0.3, 0.4) is 0 Å². The predicted molar refractivity (Wildman–Crippen MR) is 143 cm³/mol. The van der Waals surface area contributed by atoms with Crippen molar-refractivity contribution in [2.45, 2.75) is 92.0 Å². The van der Waals surface area contributed by atoms with E-state index in [0.717, 1.165) is 5.57 Å². The summed E-state index contributed by atoms with van der Waals surface area (Å²) in [4.78, 5) is 51.6. The molecular weight excluding hydrogens is 500 g/mol. The number of carbonyl (C=O) groups is 4. The molecular formula is C31H42O8. The molecule has 2 saturated carbocycles. The summed E-state index contributed by atoms with van der Waals surface area (Å²) < 4.78 is 5.21. The summed E-state index contributed by atoms with van der Waals surface area (Å²) in [6.45, 7) is 13.2. The largest absolute Gasteiger partial charge is 0.505 e. The van der Waals surface area contributed by atoms with Crippen LogP contribution in [-0.4, -0.2) is 55.9 Å². The van der Waals surface area contributed by atoms with Gasteiger partial charge in [-0.25, -0.2) is 0 Å². The van der Waals surface area contributed by atoms with E-state index >= 15 is 0 Å². The van der Waals surface area contributed by atoms with Crippen LogP contribution in [0, 0.1) is 39.9 Å². The third kappa shape index (κ3) is 4.26. The Bertz CT molecular complexity index is 1220. The molecule has 8 atom stereocenters. The molecule has 0 aromatic rings. The van der Waals surface area contributed by atoms with Crippen molar-refractivity contribution in [1.29, 1.82) is 0 Å². The number of ether oxygens (including phenoxy) is 1. The van der Waals surface area contributed by atoms with Gasteiger partial charge in [0, 0.05) is 30.6 Å². The van der Waals surface area contributed by atoms with Crippen LogP contribution in [0.1, 0.15) is 74.7 Å². The Kier molecular flexibility index (Phi) is 6.76. The molecule has 8 heteroatoms. The fourth-order valence-electron chi connectivity index (χ4n) is 8.49. The third-order valence-electron chi connectivity index (χ3n) is 10.4. The van der Waals surface area contributed by atoms with Gasteiger partial charge in [-0.2, -0.15) is 0 Å². The molecule has 0 saturated heterocycles. The fraction of sp³-hybridized carbons (Fsp3) is 0.677. The molecule has 39 heavy (non-hydrogen) atoms. The second-order valence-electron chi connectivity index (χ2n) is 13.8. The number of Topliss-reactive ketones (excluding diaryl/α,β-unsaturated/α-hetero) is 2. The van der Waals surface area contributed by atoms with Gasteiger partial charge in [0.15, 0.2) is 11.5 Å². The Morgan fingerprint density at radius 2 is 1.72 bits per heavy atom. The van der Waals surface area contributed by atoms with E-state index in [1.165, 1.54) is 32.1 Å². The molecule has 0 aliphatic heterocycles. The van der Waals surface area contributed by atoms with Gasteiger partial charge in [-0.3, -0.25) is 19.2 Å². The summed E-state index contributed by atoms with van der Waals surface area (Å²) in [6, 6.07) is 0. The van der Waals surface area contributed by atoms with Gasteiger partial charge < -0.3 is 20.1 Å². The van der Waals surface area contributed by atoms with Crippen molar-refractivity contribution in [3.8, 4) is 0 Å². The topological polar surface area (TPSA) is 138 Å². The minimum Gasteiger partial charge on any atom is -0.505 e. The van der Waals surface area contributed by atoms with Crippen molar-refractivity contribution in [1.82, 2.24) is 0 Å². The minimum atomic E-state index is -1.98. The van der Waals surface area contributed by atoms with E-state index in [0.29, 0.717) is 12.8 Å². The summed E-state index contributed by atoms with van der Waals surface area (Å²) in [6.07, 6.45) is 5.98. The molecule has 4 aliphatic rings. The Hall–Kier alpha value is -2.58. The monoisotopic (exact) mass is 542 g/mol. The normalized spacial score (nSPS) is 39.2. The van der Waals surface area contributed by atoms with Gasteiger partial charge >= 0.3 is 5.97 Å². The average molecular weight is 543 g/mol. The van der Waals surface area contributed by atoms with Gasteiger partial charge in [-0.05, 0) is 82.9 Å².